The molecule has 0 bridgehead atoms. The van der Waals surface area contributed by atoms with Crippen molar-refractivity contribution in [2.45, 2.75) is 38.6 Å². The molecule has 2 amide bonds. The van der Waals surface area contributed by atoms with Gasteiger partial charge in [-0.3, -0.25) is 9.59 Å². The van der Waals surface area contributed by atoms with Crippen LogP contribution in [0.4, 0.5) is 5.69 Å². The van der Waals surface area contributed by atoms with Crippen molar-refractivity contribution in [3.63, 3.8) is 0 Å². The van der Waals surface area contributed by atoms with Gasteiger partial charge in [0.2, 0.25) is 0 Å². The molecule has 36 heavy (non-hydrogen) atoms. The summed E-state index contributed by atoms with van der Waals surface area (Å²) in [5, 5.41) is 3.29. The van der Waals surface area contributed by atoms with Crippen molar-refractivity contribution in [2.24, 2.45) is 0 Å². The van der Waals surface area contributed by atoms with Crippen LogP contribution in [0.25, 0.3) is 0 Å². The van der Waals surface area contributed by atoms with Gasteiger partial charge in [-0.25, -0.2) is 0 Å². The zero-order chi connectivity index (χ0) is 25.1. The number of nitrogens with zero attached hydrogens (tertiary/aromatic N) is 3. The first-order chi connectivity index (χ1) is 17.5. The number of anilines is 1. The summed E-state index contributed by atoms with van der Waals surface area (Å²) in [4.78, 5) is 33.3. The Morgan fingerprint density at radius 3 is 2.39 bits per heavy atom. The third-order valence-electron chi connectivity index (χ3n) is 7.96. The van der Waals surface area contributed by atoms with Crippen LogP contribution >= 0.6 is 0 Å². The summed E-state index contributed by atoms with van der Waals surface area (Å²) in [6, 6.07) is 11.8. The van der Waals surface area contributed by atoms with E-state index in [2.05, 4.69) is 41.2 Å². The van der Waals surface area contributed by atoms with Gasteiger partial charge >= 0.3 is 0 Å². The number of likely N-dealkylation sites (N-methyl/N-ethyl adjacent to an activating group) is 1. The highest BCUT2D eigenvalue weighted by Gasteiger charge is 2.29. The summed E-state index contributed by atoms with van der Waals surface area (Å²) in [6.07, 6.45) is 3.74. The molecule has 7 heteroatoms. The number of carbonyl (C=O) groups excluding carboxylic acids is 2. The fourth-order valence-corrected chi connectivity index (χ4v) is 5.80. The van der Waals surface area contributed by atoms with E-state index in [-0.39, 0.29) is 17.9 Å². The molecule has 2 fully saturated rings. The molecule has 1 atom stereocenters. The zero-order valence-electron chi connectivity index (χ0n) is 21.6. The molecule has 5 rings (SSSR count). The highest BCUT2D eigenvalue weighted by Crippen LogP contribution is 2.34. The summed E-state index contributed by atoms with van der Waals surface area (Å²) >= 11 is 0. The molecule has 0 radical (unpaired) electrons. The third-order valence-corrected chi connectivity index (χ3v) is 7.96. The summed E-state index contributed by atoms with van der Waals surface area (Å²) in [7, 11) is 2.18. The highest BCUT2D eigenvalue weighted by atomic mass is 16.5. The first kappa shape index (κ1) is 24.8. The van der Waals surface area contributed by atoms with Gasteiger partial charge in [0.15, 0.2) is 0 Å². The van der Waals surface area contributed by atoms with E-state index in [4.69, 9.17) is 4.74 Å². The van der Waals surface area contributed by atoms with E-state index in [9.17, 15) is 9.59 Å². The summed E-state index contributed by atoms with van der Waals surface area (Å²) in [5.41, 5.74) is 6.56. The molecule has 3 aliphatic rings. The smallest absolute Gasteiger partial charge is 0.254 e. The maximum absolute atomic E-state index is 13.5. The fraction of sp³-hybridized carbons (Fsp3) is 0.517. The minimum absolute atomic E-state index is 0.0508. The molecule has 1 unspecified atom stereocenters. The number of hydrogen-bond donors (Lipinski definition) is 1. The van der Waals surface area contributed by atoms with Gasteiger partial charge in [0.05, 0.1) is 24.3 Å². The molecule has 1 aliphatic carbocycles. The lowest BCUT2D eigenvalue weighted by Gasteiger charge is -2.38. The lowest BCUT2D eigenvalue weighted by atomic mass is 9.83. The standard InChI is InChI=1S/C29H38N4O3/c1-3-21-8-11-27(32-14-12-31(2)13-15-32)26-20-22(9-10-23(21)26)30-28(34)24-6-4-5-7-25(24)29(35)33-16-18-36-19-17-33/h4-8,11,22H,3,9-10,12-20H2,1-2H3,(H,30,34). The largest absolute Gasteiger partial charge is 0.378 e. The fourth-order valence-electron chi connectivity index (χ4n) is 5.80. The Labute approximate surface area is 214 Å². The van der Waals surface area contributed by atoms with Crippen LogP contribution in [-0.4, -0.2) is 87.2 Å². The van der Waals surface area contributed by atoms with Crippen LogP contribution in [0.1, 0.15) is 50.8 Å². The van der Waals surface area contributed by atoms with Crippen molar-refractivity contribution in [1.82, 2.24) is 15.1 Å². The molecule has 2 aromatic rings. The van der Waals surface area contributed by atoms with Gasteiger partial charge in [-0.1, -0.05) is 25.1 Å². The van der Waals surface area contributed by atoms with Gasteiger partial charge in [-0.15, -0.1) is 0 Å². The van der Waals surface area contributed by atoms with Crippen molar-refractivity contribution < 1.29 is 14.3 Å². The van der Waals surface area contributed by atoms with Crippen molar-refractivity contribution in [3.8, 4) is 0 Å². The van der Waals surface area contributed by atoms with Gasteiger partial charge in [0.1, 0.15) is 0 Å². The Morgan fingerprint density at radius 1 is 0.944 bits per heavy atom. The van der Waals surface area contributed by atoms with Gasteiger partial charge in [0.25, 0.3) is 11.8 Å². The zero-order valence-corrected chi connectivity index (χ0v) is 21.6. The summed E-state index contributed by atoms with van der Waals surface area (Å²) in [6.45, 7) is 8.61. The number of ether oxygens (including phenoxy) is 1. The molecule has 0 aromatic heterocycles. The number of morpholine rings is 1. The second-order valence-corrected chi connectivity index (χ2v) is 10.2. The van der Waals surface area contributed by atoms with Gasteiger partial charge in [0, 0.05) is 51.0 Å². The number of nitrogens with one attached hydrogen (secondary N) is 1. The average Bonchev–Trinajstić information content (AvgIpc) is 2.93. The Hall–Kier alpha value is -2.90. The second-order valence-electron chi connectivity index (χ2n) is 10.2. The van der Waals surface area contributed by atoms with Crippen LogP contribution in [0.5, 0.6) is 0 Å². The second kappa shape index (κ2) is 11.0. The number of piperazine rings is 1. The number of hydrogen-bond acceptors (Lipinski definition) is 5. The van der Waals surface area contributed by atoms with E-state index in [0.29, 0.717) is 37.4 Å². The number of carbonyl (C=O) groups is 2. The molecule has 0 saturated carbocycles. The van der Waals surface area contributed by atoms with Crippen LogP contribution in [0.3, 0.4) is 0 Å². The Kier molecular flexibility index (Phi) is 7.58. The summed E-state index contributed by atoms with van der Waals surface area (Å²) < 4.78 is 5.39. The monoisotopic (exact) mass is 490 g/mol. The number of aryl methyl sites for hydroxylation is 1. The minimum atomic E-state index is -0.159. The quantitative estimate of drug-likeness (QED) is 0.698. The molecule has 1 N–H and O–H groups in total. The molecule has 192 valence electrons. The van der Waals surface area contributed by atoms with Gasteiger partial charge in [-0.2, -0.15) is 0 Å². The molecule has 2 heterocycles. The SMILES string of the molecule is CCc1ccc(N2CCN(C)CC2)c2c1CCC(NC(=O)c1ccccc1C(=O)N1CCOCC1)C2. The average molecular weight is 491 g/mol. The van der Waals surface area contributed by atoms with E-state index in [1.807, 2.05) is 12.1 Å². The first-order valence-electron chi connectivity index (χ1n) is 13.4. The van der Waals surface area contributed by atoms with E-state index >= 15 is 0 Å². The predicted octanol–water partition coefficient (Wildman–Crippen LogP) is 2.76. The first-order valence-corrected chi connectivity index (χ1v) is 13.4. The van der Waals surface area contributed by atoms with Gasteiger partial charge in [-0.05, 0) is 67.6 Å². The maximum atomic E-state index is 13.5. The van der Waals surface area contributed by atoms with Crippen LogP contribution < -0.4 is 10.2 Å². The lowest BCUT2D eigenvalue weighted by Crippen LogP contribution is -2.46. The topological polar surface area (TPSA) is 65.1 Å². The number of amides is 2. The van der Waals surface area contributed by atoms with E-state index in [1.54, 1.807) is 17.0 Å². The van der Waals surface area contributed by atoms with Gasteiger partial charge < -0.3 is 24.8 Å². The molecule has 7 nitrogen and oxygen atoms in total. The maximum Gasteiger partial charge on any atom is 0.254 e. The summed E-state index contributed by atoms with van der Waals surface area (Å²) in [5.74, 6) is -0.253. The highest BCUT2D eigenvalue weighted by molar-refractivity contribution is 6.07. The molecular weight excluding hydrogens is 452 g/mol. The van der Waals surface area contributed by atoms with Crippen LogP contribution in [0.2, 0.25) is 0 Å². The third kappa shape index (κ3) is 5.13. The normalized spacial score (nSPS) is 20.7. The lowest BCUT2D eigenvalue weighted by molar-refractivity contribution is 0.0301. The number of rotatable bonds is 5. The Morgan fingerprint density at radius 2 is 1.67 bits per heavy atom. The van der Waals surface area contributed by atoms with Crippen molar-refractivity contribution in [1.29, 1.82) is 0 Å². The predicted molar refractivity (Wildman–Crippen MR) is 142 cm³/mol. The molecule has 2 aliphatic heterocycles. The Bertz CT molecular complexity index is 1100. The molecule has 0 spiro atoms. The van der Waals surface area contributed by atoms with Crippen LogP contribution in [-0.2, 0) is 24.0 Å². The number of benzene rings is 2. The number of fused-ring (bicyclic) bond motifs is 1. The van der Waals surface area contributed by atoms with Crippen LogP contribution in [0, 0.1) is 0 Å². The molecule has 2 aromatic carbocycles. The van der Waals surface area contributed by atoms with Crippen LogP contribution in [0.15, 0.2) is 36.4 Å². The van der Waals surface area contributed by atoms with E-state index < -0.39 is 0 Å². The Balaban J connectivity index is 1.35. The van der Waals surface area contributed by atoms with Crippen molar-refractivity contribution in [2.75, 3.05) is 64.4 Å². The molecule has 2 saturated heterocycles. The van der Waals surface area contributed by atoms with Crippen molar-refractivity contribution in [3.05, 3.63) is 64.2 Å². The van der Waals surface area contributed by atoms with E-state index in [1.165, 1.54) is 22.4 Å². The minimum Gasteiger partial charge on any atom is -0.378 e. The van der Waals surface area contributed by atoms with E-state index in [0.717, 1.165) is 51.9 Å². The molecular formula is C29H38N4O3. The van der Waals surface area contributed by atoms with Crippen molar-refractivity contribution >= 4 is 17.5 Å².